The Morgan fingerprint density at radius 2 is 1.81 bits per heavy atom. The first kappa shape index (κ1) is 19.5. The highest BCUT2D eigenvalue weighted by Crippen LogP contribution is 2.20. The van der Waals surface area contributed by atoms with E-state index >= 15 is 0 Å². The Balaban J connectivity index is 2.19. The molecule has 0 saturated heterocycles. The summed E-state index contributed by atoms with van der Waals surface area (Å²) >= 11 is 0. The van der Waals surface area contributed by atoms with Gasteiger partial charge >= 0.3 is 0 Å². The molecule has 0 aromatic heterocycles. The number of carbonyl (C=O) groups excluding carboxylic acids is 1. The predicted molar refractivity (Wildman–Crippen MR) is 100 cm³/mol. The van der Waals surface area contributed by atoms with E-state index in [1.165, 1.54) is 36.4 Å². The van der Waals surface area contributed by atoms with Gasteiger partial charge in [-0.25, -0.2) is 8.42 Å². The summed E-state index contributed by atoms with van der Waals surface area (Å²) < 4.78 is 27.4. The molecule has 2 aromatic rings. The summed E-state index contributed by atoms with van der Waals surface area (Å²) in [5.41, 5.74) is 0.884. The fraction of sp³-hybridized carbons (Fsp3) is 0.263. The summed E-state index contributed by atoms with van der Waals surface area (Å²) in [6, 6.07) is 14.1. The molecule has 7 heteroatoms. The Bertz CT molecular complexity index is 916. The van der Waals surface area contributed by atoms with Crippen molar-refractivity contribution < 1.29 is 13.2 Å². The van der Waals surface area contributed by atoms with Crippen LogP contribution in [0.5, 0.6) is 0 Å². The van der Waals surface area contributed by atoms with E-state index in [-0.39, 0.29) is 22.1 Å². The van der Waals surface area contributed by atoms with Crippen LogP contribution in [0.2, 0.25) is 0 Å². The van der Waals surface area contributed by atoms with E-state index in [0.717, 1.165) is 12.8 Å². The molecule has 2 aromatic carbocycles. The maximum atomic E-state index is 12.5. The molecule has 0 aliphatic heterocycles. The lowest BCUT2D eigenvalue weighted by Crippen LogP contribution is -2.27. The Hall–Kier alpha value is -2.85. The van der Waals surface area contributed by atoms with Crippen LogP contribution in [0.3, 0.4) is 0 Å². The number of nitrogens with one attached hydrogen (secondary N) is 1. The van der Waals surface area contributed by atoms with Gasteiger partial charge in [-0.2, -0.15) is 5.26 Å². The van der Waals surface area contributed by atoms with E-state index in [0.29, 0.717) is 12.1 Å². The average Bonchev–Trinajstić information content (AvgIpc) is 2.65. The van der Waals surface area contributed by atoms with Crippen molar-refractivity contribution in [1.29, 1.82) is 5.26 Å². The van der Waals surface area contributed by atoms with E-state index < -0.39 is 10.0 Å². The molecule has 0 bridgehead atoms. The zero-order chi connectivity index (χ0) is 19.2. The quantitative estimate of drug-likeness (QED) is 0.809. The lowest BCUT2D eigenvalue weighted by atomic mass is 10.2. The van der Waals surface area contributed by atoms with Gasteiger partial charge in [-0.3, -0.25) is 9.52 Å². The minimum atomic E-state index is -3.85. The third-order valence-corrected chi connectivity index (χ3v) is 5.28. The van der Waals surface area contributed by atoms with Crippen molar-refractivity contribution in [2.24, 2.45) is 0 Å². The summed E-state index contributed by atoms with van der Waals surface area (Å²) in [6.45, 7) is 2.71. The molecule has 0 heterocycles. The Labute approximate surface area is 154 Å². The van der Waals surface area contributed by atoms with Crippen LogP contribution in [-0.2, 0) is 10.0 Å². The van der Waals surface area contributed by atoms with Gasteiger partial charge in [0.25, 0.3) is 15.9 Å². The first-order valence-corrected chi connectivity index (χ1v) is 9.75. The van der Waals surface area contributed by atoms with Crippen molar-refractivity contribution in [3.8, 4) is 6.07 Å². The molecule has 0 aliphatic carbocycles. The number of unbranched alkanes of at least 4 members (excludes halogenated alkanes) is 1. The number of anilines is 1. The molecule has 6 nitrogen and oxygen atoms in total. The Morgan fingerprint density at radius 1 is 1.15 bits per heavy atom. The van der Waals surface area contributed by atoms with Crippen molar-refractivity contribution in [1.82, 2.24) is 4.90 Å². The van der Waals surface area contributed by atoms with Crippen LogP contribution in [-0.4, -0.2) is 32.8 Å². The predicted octanol–water partition coefficient (Wildman–Crippen LogP) is 3.23. The minimum absolute atomic E-state index is 0.0259. The number of nitriles is 1. The molecule has 1 amide bonds. The molecule has 2 rings (SSSR count). The van der Waals surface area contributed by atoms with E-state index in [1.807, 2.05) is 6.07 Å². The first-order valence-electron chi connectivity index (χ1n) is 8.26. The average molecular weight is 371 g/mol. The number of rotatable bonds is 7. The number of benzene rings is 2. The van der Waals surface area contributed by atoms with Gasteiger partial charge in [0.05, 0.1) is 16.1 Å². The SMILES string of the molecule is CCCCN(C)C(=O)c1ccc(S(=O)(=O)Nc2ccccc2C#N)cc1. The van der Waals surface area contributed by atoms with Gasteiger partial charge in [0, 0.05) is 19.2 Å². The van der Waals surface area contributed by atoms with E-state index in [2.05, 4.69) is 11.6 Å². The van der Waals surface area contributed by atoms with Crippen LogP contribution < -0.4 is 4.72 Å². The normalized spacial score (nSPS) is 10.8. The molecule has 0 unspecified atom stereocenters. The van der Waals surface area contributed by atoms with E-state index in [1.54, 1.807) is 24.1 Å². The fourth-order valence-corrected chi connectivity index (χ4v) is 3.45. The molecule has 0 atom stereocenters. The lowest BCUT2D eigenvalue weighted by molar-refractivity contribution is 0.0793. The fourth-order valence-electron chi connectivity index (χ4n) is 2.37. The second-order valence-corrected chi connectivity index (χ2v) is 7.55. The second-order valence-electron chi connectivity index (χ2n) is 5.87. The molecular formula is C19H21N3O3S. The number of sulfonamides is 1. The van der Waals surface area contributed by atoms with Gasteiger partial charge in [-0.05, 0) is 42.8 Å². The summed E-state index contributed by atoms with van der Waals surface area (Å²) in [4.78, 5) is 14.0. The summed E-state index contributed by atoms with van der Waals surface area (Å²) in [6.07, 6.45) is 1.90. The van der Waals surface area contributed by atoms with Crippen LogP contribution >= 0.6 is 0 Å². The Morgan fingerprint density at radius 3 is 2.42 bits per heavy atom. The summed E-state index contributed by atoms with van der Waals surface area (Å²) in [5, 5.41) is 9.07. The number of para-hydroxylation sites is 1. The lowest BCUT2D eigenvalue weighted by Gasteiger charge is -2.17. The van der Waals surface area contributed by atoms with Gasteiger partial charge in [-0.15, -0.1) is 0 Å². The third kappa shape index (κ3) is 4.61. The maximum Gasteiger partial charge on any atom is 0.261 e. The molecule has 0 radical (unpaired) electrons. The molecule has 136 valence electrons. The van der Waals surface area contributed by atoms with Crippen molar-refractivity contribution in [3.05, 3.63) is 59.7 Å². The Kier molecular flexibility index (Phi) is 6.36. The monoisotopic (exact) mass is 371 g/mol. The summed E-state index contributed by atoms with van der Waals surface area (Å²) in [7, 11) is -2.12. The zero-order valence-electron chi connectivity index (χ0n) is 14.8. The molecule has 0 spiro atoms. The molecule has 0 saturated carbocycles. The highest BCUT2D eigenvalue weighted by atomic mass is 32.2. The number of amides is 1. The standard InChI is InChI=1S/C19H21N3O3S/c1-3-4-13-22(2)19(23)15-9-11-17(12-10-15)26(24,25)21-18-8-6-5-7-16(18)14-20/h5-12,21H,3-4,13H2,1-2H3. The van der Waals surface area contributed by atoms with E-state index in [9.17, 15) is 13.2 Å². The van der Waals surface area contributed by atoms with Gasteiger partial charge in [-0.1, -0.05) is 25.5 Å². The van der Waals surface area contributed by atoms with Gasteiger partial charge in [0.1, 0.15) is 6.07 Å². The van der Waals surface area contributed by atoms with Crippen LogP contribution in [0.25, 0.3) is 0 Å². The summed E-state index contributed by atoms with van der Waals surface area (Å²) in [5.74, 6) is -0.148. The smallest absolute Gasteiger partial charge is 0.261 e. The molecule has 0 aliphatic rings. The highest BCUT2D eigenvalue weighted by molar-refractivity contribution is 7.92. The van der Waals surface area contributed by atoms with Crippen LogP contribution in [0.1, 0.15) is 35.7 Å². The van der Waals surface area contributed by atoms with Crippen LogP contribution in [0, 0.1) is 11.3 Å². The van der Waals surface area contributed by atoms with E-state index in [4.69, 9.17) is 5.26 Å². The second kappa shape index (κ2) is 8.50. The highest BCUT2D eigenvalue weighted by Gasteiger charge is 2.17. The molecular weight excluding hydrogens is 350 g/mol. The number of hydrogen-bond donors (Lipinski definition) is 1. The zero-order valence-corrected chi connectivity index (χ0v) is 15.6. The van der Waals surface area contributed by atoms with Crippen molar-refractivity contribution in [2.45, 2.75) is 24.7 Å². The number of nitrogens with zero attached hydrogens (tertiary/aromatic N) is 2. The topological polar surface area (TPSA) is 90.3 Å². The maximum absolute atomic E-state index is 12.5. The largest absolute Gasteiger partial charge is 0.342 e. The van der Waals surface area contributed by atoms with Crippen LogP contribution in [0.4, 0.5) is 5.69 Å². The molecule has 1 N–H and O–H groups in total. The molecule has 26 heavy (non-hydrogen) atoms. The van der Waals surface area contributed by atoms with Gasteiger partial charge < -0.3 is 4.90 Å². The molecule has 0 fully saturated rings. The van der Waals surface area contributed by atoms with Crippen molar-refractivity contribution in [3.63, 3.8) is 0 Å². The minimum Gasteiger partial charge on any atom is -0.342 e. The number of carbonyl (C=O) groups is 1. The van der Waals surface area contributed by atoms with Crippen LogP contribution in [0.15, 0.2) is 53.4 Å². The van der Waals surface area contributed by atoms with Crippen molar-refractivity contribution in [2.75, 3.05) is 18.3 Å². The van der Waals surface area contributed by atoms with Crippen molar-refractivity contribution >= 4 is 21.6 Å². The van der Waals surface area contributed by atoms with Gasteiger partial charge in [0.15, 0.2) is 0 Å². The number of hydrogen-bond acceptors (Lipinski definition) is 4. The van der Waals surface area contributed by atoms with Gasteiger partial charge in [0.2, 0.25) is 0 Å². The third-order valence-electron chi connectivity index (χ3n) is 3.90. The first-order chi connectivity index (χ1) is 12.4.